The van der Waals surface area contributed by atoms with Crippen molar-refractivity contribution >= 4 is 5.82 Å². The van der Waals surface area contributed by atoms with Crippen LogP contribution in [0.3, 0.4) is 0 Å². The largest absolute Gasteiger partial charge is 0.383 e. The highest BCUT2D eigenvalue weighted by Gasteiger charge is 2.14. The summed E-state index contributed by atoms with van der Waals surface area (Å²) >= 11 is 0. The second-order valence-electron chi connectivity index (χ2n) is 4.46. The van der Waals surface area contributed by atoms with Gasteiger partial charge in [0.25, 0.3) is 0 Å². The minimum absolute atomic E-state index is 0.467. The number of nitrogens with zero attached hydrogens (tertiary/aromatic N) is 2. The van der Waals surface area contributed by atoms with Crippen LogP contribution in [0.1, 0.15) is 25.2 Å². The zero-order chi connectivity index (χ0) is 13.8. The first kappa shape index (κ1) is 13.2. The average Bonchev–Trinajstić information content (AvgIpc) is 2.76. The second-order valence-corrected chi connectivity index (χ2v) is 4.46. The summed E-state index contributed by atoms with van der Waals surface area (Å²) < 4.78 is 1.91. The van der Waals surface area contributed by atoms with Gasteiger partial charge in [0, 0.05) is 12.0 Å². The molecule has 0 fully saturated rings. The first-order valence-corrected chi connectivity index (χ1v) is 6.58. The number of anilines is 1. The number of terminal acetylenes is 1. The van der Waals surface area contributed by atoms with E-state index in [0.29, 0.717) is 12.4 Å². The highest BCUT2D eigenvalue weighted by Crippen LogP contribution is 2.27. The van der Waals surface area contributed by atoms with Crippen LogP contribution in [0.4, 0.5) is 5.82 Å². The molecule has 0 bridgehead atoms. The standard InChI is InChI=1S/C16H19N3/c1-4-11-19-14(6-3)18-15(16(19)17)13-9-7-12(5-2)8-10-13/h1,7-10H,5-6,11,17H2,2-3H3. The fraction of sp³-hybridized carbons (Fsp3) is 0.312. The molecule has 0 unspecified atom stereocenters. The van der Waals surface area contributed by atoms with Crippen LogP contribution >= 0.6 is 0 Å². The Morgan fingerprint density at radius 3 is 2.42 bits per heavy atom. The summed E-state index contributed by atoms with van der Waals surface area (Å²) in [6, 6.07) is 8.36. The molecule has 0 aliphatic heterocycles. The number of aryl methyl sites for hydroxylation is 2. The molecule has 0 aliphatic rings. The van der Waals surface area contributed by atoms with Crippen LogP contribution in [-0.2, 0) is 19.4 Å². The zero-order valence-electron chi connectivity index (χ0n) is 11.5. The second kappa shape index (κ2) is 5.62. The summed E-state index contributed by atoms with van der Waals surface area (Å²) in [6.45, 7) is 4.66. The number of nitrogen functional groups attached to an aromatic ring is 1. The van der Waals surface area contributed by atoms with Gasteiger partial charge in [0.05, 0.1) is 6.54 Å². The molecule has 0 saturated heterocycles. The van der Waals surface area contributed by atoms with E-state index in [0.717, 1.165) is 29.9 Å². The van der Waals surface area contributed by atoms with Gasteiger partial charge in [0.1, 0.15) is 17.3 Å². The Labute approximate surface area is 114 Å². The maximum atomic E-state index is 6.17. The summed E-state index contributed by atoms with van der Waals surface area (Å²) in [5.41, 5.74) is 9.35. The van der Waals surface area contributed by atoms with Gasteiger partial charge in [-0.25, -0.2) is 4.98 Å². The number of hydrogen-bond donors (Lipinski definition) is 1. The highest BCUT2D eigenvalue weighted by molar-refractivity contribution is 5.71. The average molecular weight is 253 g/mol. The Morgan fingerprint density at radius 1 is 1.21 bits per heavy atom. The van der Waals surface area contributed by atoms with E-state index in [4.69, 9.17) is 12.2 Å². The topological polar surface area (TPSA) is 43.8 Å². The lowest BCUT2D eigenvalue weighted by atomic mass is 10.1. The molecule has 3 nitrogen and oxygen atoms in total. The van der Waals surface area contributed by atoms with Gasteiger partial charge in [0.2, 0.25) is 0 Å². The number of hydrogen-bond acceptors (Lipinski definition) is 2. The first-order chi connectivity index (χ1) is 9.21. The number of nitrogens with two attached hydrogens (primary N) is 1. The van der Waals surface area contributed by atoms with E-state index < -0.39 is 0 Å². The van der Waals surface area contributed by atoms with E-state index in [1.54, 1.807) is 0 Å². The molecule has 2 aromatic rings. The van der Waals surface area contributed by atoms with Gasteiger partial charge in [0.15, 0.2) is 0 Å². The van der Waals surface area contributed by atoms with Crippen molar-refractivity contribution in [1.29, 1.82) is 0 Å². The van der Waals surface area contributed by atoms with Crippen LogP contribution < -0.4 is 5.73 Å². The molecule has 2 N–H and O–H groups in total. The predicted octanol–water partition coefficient (Wildman–Crippen LogP) is 2.89. The fourth-order valence-electron chi connectivity index (χ4n) is 2.16. The van der Waals surface area contributed by atoms with Gasteiger partial charge in [-0.15, -0.1) is 6.42 Å². The fourth-order valence-corrected chi connectivity index (χ4v) is 2.16. The molecule has 19 heavy (non-hydrogen) atoms. The van der Waals surface area contributed by atoms with E-state index in [1.807, 2.05) is 4.57 Å². The van der Waals surface area contributed by atoms with Gasteiger partial charge in [-0.2, -0.15) is 0 Å². The quantitative estimate of drug-likeness (QED) is 0.851. The van der Waals surface area contributed by atoms with Crippen LogP contribution in [0.15, 0.2) is 24.3 Å². The molecule has 1 aromatic carbocycles. The third-order valence-electron chi connectivity index (χ3n) is 3.29. The van der Waals surface area contributed by atoms with Crippen LogP contribution in [0.5, 0.6) is 0 Å². The lowest BCUT2D eigenvalue weighted by Gasteiger charge is -2.04. The molecule has 0 saturated carbocycles. The van der Waals surface area contributed by atoms with Crippen molar-refractivity contribution in [3.63, 3.8) is 0 Å². The Bertz CT molecular complexity index is 600. The lowest BCUT2D eigenvalue weighted by Crippen LogP contribution is -2.05. The molecular weight excluding hydrogens is 234 g/mol. The van der Waals surface area contributed by atoms with Crippen molar-refractivity contribution in [3.05, 3.63) is 35.7 Å². The summed E-state index contributed by atoms with van der Waals surface area (Å²) in [6.07, 6.45) is 7.23. The van der Waals surface area contributed by atoms with Gasteiger partial charge in [-0.05, 0) is 12.0 Å². The normalized spacial score (nSPS) is 10.4. The molecule has 0 aliphatic carbocycles. The number of imidazole rings is 1. The van der Waals surface area contributed by atoms with Crippen LogP contribution in [0, 0.1) is 12.3 Å². The third-order valence-corrected chi connectivity index (χ3v) is 3.29. The van der Waals surface area contributed by atoms with Gasteiger partial charge in [-0.3, -0.25) is 0 Å². The third kappa shape index (κ3) is 2.48. The highest BCUT2D eigenvalue weighted by atomic mass is 15.1. The first-order valence-electron chi connectivity index (χ1n) is 6.58. The molecule has 0 radical (unpaired) electrons. The van der Waals surface area contributed by atoms with Crippen LogP contribution in [0.25, 0.3) is 11.3 Å². The molecule has 1 aromatic heterocycles. The van der Waals surface area contributed by atoms with E-state index in [9.17, 15) is 0 Å². The van der Waals surface area contributed by atoms with Crippen molar-refractivity contribution in [3.8, 4) is 23.6 Å². The lowest BCUT2D eigenvalue weighted by molar-refractivity contribution is 0.769. The SMILES string of the molecule is C#CCn1c(CC)nc(-c2ccc(CC)cc2)c1N. The van der Waals surface area contributed by atoms with E-state index in [-0.39, 0.29) is 0 Å². The van der Waals surface area contributed by atoms with Crippen LogP contribution in [0.2, 0.25) is 0 Å². The molecule has 2 rings (SSSR count). The minimum atomic E-state index is 0.467. The van der Waals surface area contributed by atoms with Crippen molar-refractivity contribution < 1.29 is 0 Å². The Hall–Kier alpha value is -2.21. The molecule has 3 heteroatoms. The van der Waals surface area contributed by atoms with Gasteiger partial charge in [-0.1, -0.05) is 44.0 Å². The molecule has 98 valence electrons. The van der Waals surface area contributed by atoms with Crippen molar-refractivity contribution in [2.45, 2.75) is 33.2 Å². The maximum Gasteiger partial charge on any atom is 0.132 e. The van der Waals surface area contributed by atoms with Gasteiger partial charge < -0.3 is 10.3 Å². The summed E-state index contributed by atoms with van der Waals surface area (Å²) in [4.78, 5) is 4.61. The monoisotopic (exact) mass is 253 g/mol. The number of rotatable bonds is 4. The number of benzene rings is 1. The molecule has 0 amide bonds. The van der Waals surface area contributed by atoms with E-state index in [1.165, 1.54) is 5.56 Å². The zero-order valence-corrected chi connectivity index (χ0v) is 11.5. The Morgan fingerprint density at radius 2 is 1.89 bits per heavy atom. The molecule has 0 atom stereocenters. The molecular formula is C16H19N3. The smallest absolute Gasteiger partial charge is 0.132 e. The predicted molar refractivity (Wildman–Crippen MR) is 79.7 cm³/mol. The summed E-state index contributed by atoms with van der Waals surface area (Å²) in [7, 11) is 0. The van der Waals surface area contributed by atoms with Crippen molar-refractivity contribution in [2.75, 3.05) is 5.73 Å². The summed E-state index contributed by atoms with van der Waals surface area (Å²) in [5.74, 6) is 4.21. The number of aromatic nitrogens is 2. The Kier molecular flexibility index (Phi) is 3.91. The van der Waals surface area contributed by atoms with E-state index >= 15 is 0 Å². The minimum Gasteiger partial charge on any atom is -0.383 e. The molecule has 0 spiro atoms. The molecule has 1 heterocycles. The van der Waals surface area contributed by atoms with Crippen molar-refractivity contribution in [2.24, 2.45) is 0 Å². The maximum absolute atomic E-state index is 6.17. The summed E-state index contributed by atoms with van der Waals surface area (Å²) in [5, 5.41) is 0. The van der Waals surface area contributed by atoms with E-state index in [2.05, 4.69) is 49.0 Å². The Balaban J connectivity index is 2.47. The van der Waals surface area contributed by atoms with Crippen LogP contribution in [-0.4, -0.2) is 9.55 Å². The van der Waals surface area contributed by atoms with Gasteiger partial charge >= 0.3 is 0 Å². The van der Waals surface area contributed by atoms with Crippen molar-refractivity contribution in [1.82, 2.24) is 9.55 Å².